The molecule has 1 aromatic carbocycles. The van der Waals surface area contributed by atoms with E-state index in [1.54, 1.807) is 0 Å². The van der Waals surface area contributed by atoms with E-state index >= 15 is 0 Å². The fourth-order valence-corrected chi connectivity index (χ4v) is 1.79. The molecule has 0 saturated heterocycles. The molecule has 3 nitrogen and oxygen atoms in total. The van der Waals surface area contributed by atoms with Gasteiger partial charge in [0.1, 0.15) is 12.6 Å². The molecule has 0 amide bonds. The second kappa shape index (κ2) is 4.10. The molecule has 0 bridgehead atoms. The maximum Gasteiger partial charge on any atom is 0.416 e. The number of rotatable bonds is 1. The molecule has 0 saturated carbocycles. The van der Waals surface area contributed by atoms with Crippen molar-refractivity contribution in [3.05, 3.63) is 34.3 Å². The number of nitrogens with two attached hydrogens (primary N) is 1. The Hall–Kier alpha value is -1.43. The van der Waals surface area contributed by atoms with E-state index in [1.807, 2.05) is 0 Å². The summed E-state index contributed by atoms with van der Waals surface area (Å²) in [5.74, 6) is 0. The summed E-state index contributed by atoms with van der Waals surface area (Å²) in [7, 11) is 0. The van der Waals surface area contributed by atoms with Crippen LogP contribution in [0.2, 0.25) is 5.02 Å². The van der Waals surface area contributed by atoms with Crippen molar-refractivity contribution in [2.75, 3.05) is 6.61 Å². The number of nitrogens with zero attached hydrogens (tertiary/aromatic N) is 1. The molecule has 2 rings (SSSR count). The Labute approximate surface area is 100 Å². The van der Waals surface area contributed by atoms with Crippen LogP contribution in [0.5, 0.6) is 0 Å². The first kappa shape index (κ1) is 12.0. The van der Waals surface area contributed by atoms with Gasteiger partial charge in [0.2, 0.25) is 0 Å². The fraction of sp³-hybridized carbons (Fsp3) is 0.300. The van der Waals surface area contributed by atoms with E-state index < -0.39 is 17.8 Å². The Morgan fingerprint density at radius 1 is 1.41 bits per heavy atom. The highest BCUT2D eigenvalue weighted by Crippen LogP contribution is 2.38. The van der Waals surface area contributed by atoms with Crippen LogP contribution in [0.15, 0.2) is 23.2 Å². The molecular weight excluding hydrogens is 257 g/mol. The van der Waals surface area contributed by atoms with Crippen LogP contribution in [-0.4, -0.2) is 12.6 Å². The third-order valence-corrected chi connectivity index (χ3v) is 2.59. The molecule has 0 fully saturated rings. The van der Waals surface area contributed by atoms with Crippen molar-refractivity contribution >= 4 is 17.6 Å². The van der Waals surface area contributed by atoms with E-state index in [-0.39, 0.29) is 23.2 Å². The van der Waals surface area contributed by atoms with Crippen LogP contribution in [-0.2, 0) is 10.9 Å². The highest BCUT2D eigenvalue weighted by molar-refractivity contribution is 6.30. The average Bonchev–Trinajstić information content (AvgIpc) is 2.63. The second-order valence-corrected chi connectivity index (χ2v) is 3.96. The largest absolute Gasteiger partial charge is 0.463 e. The van der Waals surface area contributed by atoms with Crippen LogP contribution in [0.25, 0.3) is 0 Å². The number of aliphatic imine (C=N–C) groups is 1. The minimum atomic E-state index is -4.48. The molecule has 7 heteroatoms. The van der Waals surface area contributed by atoms with Crippen LogP contribution in [0.3, 0.4) is 0 Å². The van der Waals surface area contributed by atoms with Crippen LogP contribution in [0.1, 0.15) is 17.2 Å². The number of hydrogen-bond donors (Lipinski definition) is 1. The van der Waals surface area contributed by atoms with Gasteiger partial charge in [-0.3, -0.25) is 0 Å². The van der Waals surface area contributed by atoms with Crippen LogP contribution in [0, 0.1) is 0 Å². The SMILES string of the molecule is NC1=N[C@@H](c2ccc(Cl)cc2C(F)(F)F)CO1. The molecule has 0 unspecified atom stereocenters. The Morgan fingerprint density at radius 3 is 2.65 bits per heavy atom. The molecular formula is C10H8ClF3N2O. The standard InChI is InChI=1S/C10H8ClF3N2O/c11-5-1-2-6(7(3-5)10(12,13)14)8-4-17-9(15)16-8/h1-3,8H,4H2,(H2,15,16)/t8-/m1/s1. The molecule has 1 aliphatic rings. The summed E-state index contributed by atoms with van der Waals surface area (Å²) < 4.78 is 43.2. The van der Waals surface area contributed by atoms with Gasteiger partial charge in [0.25, 0.3) is 6.02 Å². The molecule has 0 radical (unpaired) electrons. The van der Waals surface area contributed by atoms with E-state index in [9.17, 15) is 13.2 Å². The number of halogens is 4. The van der Waals surface area contributed by atoms with Crippen molar-refractivity contribution in [3.63, 3.8) is 0 Å². The molecule has 0 aromatic heterocycles. The van der Waals surface area contributed by atoms with Gasteiger partial charge in [-0.05, 0) is 17.7 Å². The zero-order valence-electron chi connectivity index (χ0n) is 8.46. The monoisotopic (exact) mass is 264 g/mol. The fourth-order valence-electron chi connectivity index (χ4n) is 1.62. The number of benzene rings is 1. The summed E-state index contributed by atoms with van der Waals surface area (Å²) in [4.78, 5) is 3.79. The zero-order chi connectivity index (χ0) is 12.6. The average molecular weight is 265 g/mol. The van der Waals surface area contributed by atoms with Gasteiger partial charge in [-0.1, -0.05) is 17.7 Å². The van der Waals surface area contributed by atoms with Crippen LogP contribution >= 0.6 is 11.6 Å². The summed E-state index contributed by atoms with van der Waals surface area (Å²) in [6, 6.07) is 2.72. The lowest BCUT2D eigenvalue weighted by atomic mass is 10.0. The topological polar surface area (TPSA) is 47.6 Å². The van der Waals surface area contributed by atoms with E-state index in [1.165, 1.54) is 12.1 Å². The molecule has 1 heterocycles. The van der Waals surface area contributed by atoms with Crippen LogP contribution < -0.4 is 5.73 Å². The minimum absolute atomic E-state index is 0.0105. The predicted octanol–water partition coefficient (Wildman–Crippen LogP) is 2.74. The van der Waals surface area contributed by atoms with E-state index in [2.05, 4.69) is 4.99 Å². The lowest BCUT2D eigenvalue weighted by molar-refractivity contribution is -0.138. The lowest BCUT2D eigenvalue weighted by Crippen LogP contribution is -2.12. The molecule has 0 aliphatic carbocycles. The normalized spacial score (nSPS) is 20.0. The summed E-state index contributed by atoms with van der Waals surface area (Å²) in [6.07, 6.45) is -4.48. The second-order valence-electron chi connectivity index (χ2n) is 3.52. The van der Waals surface area contributed by atoms with Crippen molar-refractivity contribution in [2.45, 2.75) is 12.2 Å². The molecule has 92 valence electrons. The summed E-state index contributed by atoms with van der Waals surface area (Å²) in [5, 5.41) is 0.0249. The van der Waals surface area contributed by atoms with Gasteiger partial charge < -0.3 is 10.5 Å². The van der Waals surface area contributed by atoms with Gasteiger partial charge in [0.15, 0.2) is 0 Å². The Kier molecular flexibility index (Phi) is 2.91. The minimum Gasteiger partial charge on any atom is -0.463 e. The maximum absolute atomic E-state index is 12.8. The number of amidine groups is 1. The molecule has 1 atom stereocenters. The molecule has 1 aromatic rings. The van der Waals surface area contributed by atoms with E-state index in [0.717, 1.165) is 6.07 Å². The number of ether oxygens (including phenoxy) is 1. The van der Waals surface area contributed by atoms with Crippen molar-refractivity contribution in [1.82, 2.24) is 0 Å². The van der Waals surface area contributed by atoms with Gasteiger partial charge in [0.05, 0.1) is 5.56 Å². The molecule has 0 spiro atoms. The Balaban J connectivity index is 2.47. The summed E-state index contributed by atoms with van der Waals surface area (Å²) in [5.41, 5.74) is 4.48. The van der Waals surface area contributed by atoms with Gasteiger partial charge in [0, 0.05) is 5.02 Å². The van der Waals surface area contributed by atoms with Gasteiger partial charge in [-0.25, -0.2) is 4.99 Å². The van der Waals surface area contributed by atoms with Crippen molar-refractivity contribution in [3.8, 4) is 0 Å². The predicted molar refractivity (Wildman–Crippen MR) is 56.8 cm³/mol. The number of alkyl halides is 3. The first-order chi connectivity index (χ1) is 7.88. The van der Waals surface area contributed by atoms with E-state index in [0.29, 0.717) is 0 Å². The van der Waals surface area contributed by atoms with Crippen molar-refractivity contribution in [2.24, 2.45) is 10.7 Å². The molecule has 17 heavy (non-hydrogen) atoms. The van der Waals surface area contributed by atoms with Gasteiger partial charge in [-0.15, -0.1) is 0 Å². The maximum atomic E-state index is 12.8. The third kappa shape index (κ3) is 2.46. The van der Waals surface area contributed by atoms with Crippen molar-refractivity contribution in [1.29, 1.82) is 0 Å². The van der Waals surface area contributed by atoms with Crippen molar-refractivity contribution < 1.29 is 17.9 Å². The first-order valence-corrected chi connectivity index (χ1v) is 5.08. The highest BCUT2D eigenvalue weighted by atomic mass is 35.5. The Bertz CT molecular complexity index is 473. The quantitative estimate of drug-likeness (QED) is 0.848. The third-order valence-electron chi connectivity index (χ3n) is 2.35. The molecule has 2 N–H and O–H groups in total. The zero-order valence-corrected chi connectivity index (χ0v) is 9.22. The highest BCUT2D eigenvalue weighted by Gasteiger charge is 2.36. The Morgan fingerprint density at radius 2 is 2.12 bits per heavy atom. The summed E-state index contributed by atoms with van der Waals surface area (Å²) >= 11 is 5.57. The smallest absolute Gasteiger partial charge is 0.416 e. The van der Waals surface area contributed by atoms with Gasteiger partial charge >= 0.3 is 6.18 Å². The summed E-state index contributed by atoms with van der Waals surface area (Å²) in [6.45, 7) is 0.0105. The van der Waals surface area contributed by atoms with Crippen LogP contribution in [0.4, 0.5) is 13.2 Å². The molecule has 1 aliphatic heterocycles. The number of hydrogen-bond acceptors (Lipinski definition) is 3. The van der Waals surface area contributed by atoms with Gasteiger partial charge in [-0.2, -0.15) is 13.2 Å². The van der Waals surface area contributed by atoms with E-state index in [4.69, 9.17) is 22.1 Å². The lowest BCUT2D eigenvalue weighted by Gasteiger charge is -2.15. The first-order valence-electron chi connectivity index (χ1n) is 4.70.